The molecule has 0 saturated carbocycles. The number of halogens is 2. The first kappa shape index (κ1) is 14.1. The van der Waals surface area contributed by atoms with Gasteiger partial charge in [0.15, 0.2) is 0 Å². The maximum Gasteiger partial charge on any atom is 0.244 e. The van der Waals surface area contributed by atoms with Gasteiger partial charge < -0.3 is 0 Å². The summed E-state index contributed by atoms with van der Waals surface area (Å²) in [6.45, 7) is 1.66. The van der Waals surface area contributed by atoms with E-state index >= 15 is 0 Å². The fourth-order valence-corrected chi connectivity index (χ4v) is 2.76. The number of rotatable bonds is 4. The maximum atomic E-state index is 13.5. The lowest BCUT2D eigenvalue weighted by Crippen LogP contribution is -2.33. The van der Waals surface area contributed by atoms with Gasteiger partial charge in [0.25, 0.3) is 0 Å². The second-order valence-corrected chi connectivity index (χ2v) is 5.88. The highest BCUT2D eigenvalue weighted by Gasteiger charge is 2.22. The minimum atomic E-state index is -4.00. The Labute approximate surface area is 108 Å². The highest BCUT2D eigenvalue weighted by molar-refractivity contribution is 9.10. The molecule has 0 aliphatic rings. The molecule has 0 saturated heterocycles. The van der Waals surface area contributed by atoms with Crippen LogP contribution in [0.4, 0.5) is 4.39 Å². The van der Waals surface area contributed by atoms with E-state index in [-0.39, 0.29) is 0 Å². The molecule has 0 heterocycles. The third-order valence-electron chi connectivity index (χ3n) is 2.04. The predicted molar refractivity (Wildman–Crippen MR) is 64.1 cm³/mol. The van der Waals surface area contributed by atoms with E-state index in [0.29, 0.717) is 10.9 Å². The average molecular weight is 321 g/mol. The van der Waals surface area contributed by atoms with Crippen LogP contribution in [0.2, 0.25) is 0 Å². The second kappa shape index (κ2) is 5.58. The summed E-state index contributed by atoms with van der Waals surface area (Å²) in [6, 6.07) is 4.55. The monoisotopic (exact) mass is 320 g/mol. The quantitative estimate of drug-likeness (QED) is 0.924. The molecule has 1 unspecified atom stereocenters. The zero-order valence-corrected chi connectivity index (χ0v) is 11.3. The third-order valence-corrected chi connectivity index (χ3v) is 4.04. The van der Waals surface area contributed by atoms with Crippen molar-refractivity contribution >= 4 is 26.0 Å². The Hall–Kier alpha value is -0.970. The van der Waals surface area contributed by atoms with Crippen LogP contribution in [-0.2, 0) is 10.0 Å². The van der Waals surface area contributed by atoms with Gasteiger partial charge in [-0.25, -0.2) is 12.8 Å². The van der Waals surface area contributed by atoms with Crippen molar-refractivity contribution in [2.45, 2.75) is 24.3 Å². The Kier molecular flexibility index (Phi) is 4.62. The molecule has 0 fully saturated rings. The number of hydrogen-bond acceptors (Lipinski definition) is 3. The van der Waals surface area contributed by atoms with Gasteiger partial charge >= 0.3 is 0 Å². The van der Waals surface area contributed by atoms with Crippen LogP contribution < -0.4 is 4.72 Å². The molecule has 0 aliphatic heterocycles. The van der Waals surface area contributed by atoms with Gasteiger partial charge in [-0.05, 0) is 24.6 Å². The molecule has 4 nitrogen and oxygen atoms in total. The number of nitrogens with zero attached hydrogens (tertiary/aromatic N) is 1. The number of sulfonamides is 1. The fourth-order valence-electron chi connectivity index (χ4n) is 1.14. The van der Waals surface area contributed by atoms with Gasteiger partial charge in [0.05, 0.1) is 6.07 Å². The Balaban J connectivity index is 3.10. The number of nitriles is 1. The Morgan fingerprint density at radius 2 is 2.24 bits per heavy atom. The van der Waals surface area contributed by atoms with Crippen LogP contribution in [0.3, 0.4) is 0 Å². The van der Waals surface area contributed by atoms with E-state index in [4.69, 9.17) is 5.26 Å². The van der Waals surface area contributed by atoms with E-state index in [0.717, 1.165) is 12.1 Å². The van der Waals surface area contributed by atoms with E-state index in [1.54, 1.807) is 13.0 Å². The van der Waals surface area contributed by atoms with E-state index < -0.39 is 26.8 Å². The molecule has 0 spiro atoms. The molecule has 1 aromatic rings. The summed E-state index contributed by atoms with van der Waals surface area (Å²) >= 11 is 3.03. The molecule has 17 heavy (non-hydrogen) atoms. The average Bonchev–Trinajstić information content (AvgIpc) is 2.25. The van der Waals surface area contributed by atoms with Crippen molar-refractivity contribution < 1.29 is 12.8 Å². The largest absolute Gasteiger partial charge is 0.244 e. The Bertz CT molecular complexity index is 554. The van der Waals surface area contributed by atoms with Gasteiger partial charge in [-0.3, -0.25) is 0 Å². The summed E-state index contributed by atoms with van der Waals surface area (Å²) in [6.07, 6.45) is 0.313. The van der Waals surface area contributed by atoms with Crippen molar-refractivity contribution in [1.29, 1.82) is 5.26 Å². The summed E-state index contributed by atoms with van der Waals surface area (Å²) in [4.78, 5) is -0.464. The van der Waals surface area contributed by atoms with Gasteiger partial charge in [-0.2, -0.15) is 9.98 Å². The summed E-state index contributed by atoms with van der Waals surface area (Å²) < 4.78 is 39.6. The predicted octanol–water partition coefficient (Wildman–Crippen LogP) is 2.17. The summed E-state index contributed by atoms with van der Waals surface area (Å²) in [5.41, 5.74) is 0. The molecule has 1 atom stereocenters. The first-order valence-corrected chi connectivity index (χ1v) is 7.05. The topological polar surface area (TPSA) is 70.0 Å². The van der Waals surface area contributed by atoms with Crippen molar-refractivity contribution in [1.82, 2.24) is 4.72 Å². The second-order valence-electron chi connectivity index (χ2n) is 3.29. The van der Waals surface area contributed by atoms with Crippen LogP contribution in [0.25, 0.3) is 0 Å². The molecular weight excluding hydrogens is 311 g/mol. The number of benzene rings is 1. The molecule has 0 aromatic heterocycles. The molecule has 0 bridgehead atoms. The van der Waals surface area contributed by atoms with Gasteiger partial charge in [0.2, 0.25) is 10.0 Å². The van der Waals surface area contributed by atoms with E-state index in [1.807, 2.05) is 0 Å². The van der Waals surface area contributed by atoms with Crippen molar-refractivity contribution in [3.8, 4) is 6.07 Å². The highest BCUT2D eigenvalue weighted by atomic mass is 79.9. The van der Waals surface area contributed by atoms with Crippen LogP contribution in [0, 0.1) is 17.1 Å². The zero-order valence-electron chi connectivity index (χ0n) is 8.94. The van der Waals surface area contributed by atoms with Crippen molar-refractivity contribution in [2.75, 3.05) is 0 Å². The van der Waals surface area contributed by atoms with E-state index in [2.05, 4.69) is 20.7 Å². The number of hydrogen-bond donors (Lipinski definition) is 1. The molecule has 1 aromatic carbocycles. The summed E-state index contributed by atoms with van der Waals surface area (Å²) in [5.74, 6) is -0.861. The molecule has 0 amide bonds. The van der Waals surface area contributed by atoms with Crippen LogP contribution >= 0.6 is 15.9 Å². The van der Waals surface area contributed by atoms with Gasteiger partial charge in [0, 0.05) is 4.47 Å². The maximum absolute atomic E-state index is 13.5. The molecule has 1 N–H and O–H groups in total. The molecule has 92 valence electrons. The molecule has 0 radical (unpaired) electrons. The first-order chi connectivity index (χ1) is 7.90. The number of nitrogens with one attached hydrogen (secondary N) is 1. The van der Waals surface area contributed by atoms with Crippen molar-refractivity contribution in [3.63, 3.8) is 0 Å². The lowest BCUT2D eigenvalue weighted by atomic mass is 10.3. The van der Waals surface area contributed by atoms with Crippen LogP contribution in [0.1, 0.15) is 13.3 Å². The minimum absolute atomic E-state index is 0.313. The highest BCUT2D eigenvalue weighted by Crippen LogP contribution is 2.19. The first-order valence-electron chi connectivity index (χ1n) is 4.77. The van der Waals surface area contributed by atoms with Gasteiger partial charge in [0.1, 0.15) is 16.8 Å². The van der Waals surface area contributed by atoms with Crippen molar-refractivity contribution in [2.24, 2.45) is 0 Å². The van der Waals surface area contributed by atoms with Crippen LogP contribution in [-0.4, -0.2) is 14.5 Å². The molecule has 1 rings (SSSR count). The lowest BCUT2D eigenvalue weighted by molar-refractivity contribution is 0.548. The van der Waals surface area contributed by atoms with Crippen molar-refractivity contribution in [3.05, 3.63) is 28.5 Å². The Morgan fingerprint density at radius 3 is 2.71 bits per heavy atom. The lowest BCUT2D eigenvalue weighted by Gasteiger charge is -2.10. The van der Waals surface area contributed by atoms with Crippen LogP contribution in [0.5, 0.6) is 0 Å². The standard InChI is InChI=1S/C10H10BrFN2O2S/c1-2-8(6-13)14-17(15,16)10-4-3-7(11)5-9(10)12/h3-5,8,14H,2H2,1H3. The van der Waals surface area contributed by atoms with E-state index in [9.17, 15) is 12.8 Å². The van der Waals surface area contributed by atoms with E-state index in [1.165, 1.54) is 6.07 Å². The fraction of sp³-hybridized carbons (Fsp3) is 0.300. The smallest absolute Gasteiger partial charge is 0.207 e. The molecule has 7 heteroatoms. The summed E-state index contributed by atoms with van der Waals surface area (Å²) in [5, 5.41) is 8.67. The summed E-state index contributed by atoms with van der Waals surface area (Å²) in [7, 11) is -4.00. The zero-order chi connectivity index (χ0) is 13.1. The Morgan fingerprint density at radius 1 is 1.59 bits per heavy atom. The van der Waals surface area contributed by atoms with Crippen LogP contribution in [0.15, 0.2) is 27.6 Å². The normalized spacial score (nSPS) is 13.1. The minimum Gasteiger partial charge on any atom is -0.207 e. The molecular formula is C10H10BrFN2O2S. The third kappa shape index (κ3) is 3.49. The van der Waals surface area contributed by atoms with Gasteiger partial charge in [-0.15, -0.1) is 0 Å². The molecule has 0 aliphatic carbocycles. The SMILES string of the molecule is CCC(C#N)NS(=O)(=O)c1ccc(Br)cc1F. The van der Waals surface area contributed by atoms with Gasteiger partial charge in [-0.1, -0.05) is 22.9 Å².